The number of carbonyl (C=O) groups is 2. The predicted molar refractivity (Wildman–Crippen MR) is 160 cm³/mol. The number of hydrogen-bond acceptors (Lipinski definition) is 8. The minimum atomic E-state index is -0.391. The molecule has 1 aromatic carbocycles. The molecule has 0 radical (unpaired) electrons. The van der Waals surface area contributed by atoms with E-state index in [9.17, 15) is 9.59 Å². The lowest BCUT2D eigenvalue weighted by atomic mass is 9.92. The second kappa shape index (κ2) is 17.7. The Kier molecular flexibility index (Phi) is 14.7. The number of carbonyl (C=O) groups excluding carboxylic acids is 2. The summed E-state index contributed by atoms with van der Waals surface area (Å²) in [7, 11) is 0. The summed E-state index contributed by atoms with van der Waals surface area (Å²) in [6, 6.07) is 11.8. The fourth-order valence-corrected chi connectivity index (χ4v) is 3.83. The zero-order valence-corrected chi connectivity index (χ0v) is 25.2. The van der Waals surface area contributed by atoms with Crippen LogP contribution in [0.3, 0.4) is 0 Å². The summed E-state index contributed by atoms with van der Waals surface area (Å²) in [6.45, 7) is 14.9. The molecule has 0 amide bonds. The van der Waals surface area contributed by atoms with Crippen molar-refractivity contribution in [1.82, 2.24) is 15.6 Å². The number of rotatable bonds is 21. The monoisotopic (exact) mass is 555 g/mol. The Bertz CT molecular complexity index is 993. The summed E-state index contributed by atoms with van der Waals surface area (Å²) in [5.74, 6) is 2.14. The number of aldehydes is 1. The highest BCUT2D eigenvalue weighted by atomic mass is 16.5. The molecule has 8 heteroatoms. The first-order valence-electron chi connectivity index (χ1n) is 14.5. The van der Waals surface area contributed by atoms with Crippen LogP contribution in [0.15, 0.2) is 42.6 Å². The van der Waals surface area contributed by atoms with E-state index in [1.807, 2.05) is 51.1 Å². The van der Waals surface area contributed by atoms with E-state index in [0.29, 0.717) is 50.3 Å². The van der Waals surface area contributed by atoms with Crippen molar-refractivity contribution < 1.29 is 23.8 Å². The van der Waals surface area contributed by atoms with Crippen LogP contribution in [0, 0.1) is 5.41 Å². The van der Waals surface area contributed by atoms with Crippen molar-refractivity contribution in [3.05, 3.63) is 48.2 Å². The number of Topliss-reactive ketones (excluding diaryl/α,β-unsaturated/α-hetero) is 1. The van der Waals surface area contributed by atoms with E-state index < -0.39 is 5.41 Å². The molecule has 1 heterocycles. The molecule has 0 saturated heterocycles. The molecule has 0 spiro atoms. The zero-order valence-electron chi connectivity index (χ0n) is 25.2. The van der Waals surface area contributed by atoms with Crippen molar-refractivity contribution in [2.75, 3.05) is 26.3 Å². The van der Waals surface area contributed by atoms with Crippen LogP contribution in [-0.2, 0) is 4.79 Å². The van der Waals surface area contributed by atoms with Gasteiger partial charge in [-0.25, -0.2) is 4.98 Å². The number of ether oxygens (including phenoxy) is 3. The fourth-order valence-electron chi connectivity index (χ4n) is 3.83. The maximum Gasteiger partial charge on any atom is 0.213 e. The van der Waals surface area contributed by atoms with Gasteiger partial charge in [-0.3, -0.25) is 4.79 Å². The molecule has 8 nitrogen and oxygen atoms in total. The summed E-state index contributed by atoms with van der Waals surface area (Å²) < 4.78 is 17.3. The van der Waals surface area contributed by atoms with Gasteiger partial charge < -0.3 is 29.6 Å². The van der Waals surface area contributed by atoms with Crippen LogP contribution in [0.4, 0.5) is 0 Å². The molecule has 0 bridgehead atoms. The molecule has 40 heavy (non-hydrogen) atoms. The molecule has 0 aliphatic rings. The Hall–Kier alpha value is -2.97. The molecular weight excluding hydrogens is 506 g/mol. The predicted octanol–water partition coefficient (Wildman–Crippen LogP) is 5.64. The lowest BCUT2D eigenvalue weighted by Crippen LogP contribution is -2.35. The van der Waals surface area contributed by atoms with E-state index in [1.54, 1.807) is 12.3 Å². The zero-order chi connectivity index (χ0) is 29.4. The first-order chi connectivity index (χ1) is 19.1. The summed E-state index contributed by atoms with van der Waals surface area (Å²) in [6.07, 6.45) is 6.34. The van der Waals surface area contributed by atoms with Crippen LogP contribution in [0.25, 0.3) is 0 Å². The second-order valence-electron chi connectivity index (χ2n) is 11.4. The van der Waals surface area contributed by atoms with Gasteiger partial charge in [0.05, 0.1) is 19.4 Å². The van der Waals surface area contributed by atoms with E-state index in [-0.39, 0.29) is 17.9 Å². The van der Waals surface area contributed by atoms with Crippen LogP contribution >= 0.6 is 0 Å². The Labute approximate surface area is 240 Å². The minimum absolute atomic E-state index is 0.0658. The molecule has 2 atom stereocenters. The van der Waals surface area contributed by atoms with Gasteiger partial charge in [-0.1, -0.05) is 27.7 Å². The first-order valence-corrected chi connectivity index (χ1v) is 14.5. The molecule has 2 aromatic rings. The molecule has 2 N–H and O–H groups in total. The van der Waals surface area contributed by atoms with Gasteiger partial charge in [0.2, 0.25) is 5.88 Å². The highest BCUT2D eigenvalue weighted by Gasteiger charge is 2.16. The number of benzene rings is 1. The highest BCUT2D eigenvalue weighted by Crippen LogP contribution is 2.19. The van der Waals surface area contributed by atoms with E-state index in [0.717, 1.165) is 43.4 Å². The van der Waals surface area contributed by atoms with Crippen molar-refractivity contribution in [2.45, 2.75) is 91.8 Å². The lowest BCUT2D eigenvalue weighted by molar-refractivity contribution is -0.115. The van der Waals surface area contributed by atoms with E-state index in [4.69, 9.17) is 14.2 Å². The molecule has 0 aliphatic carbocycles. The third-order valence-corrected chi connectivity index (χ3v) is 6.48. The van der Waals surface area contributed by atoms with Gasteiger partial charge in [0.25, 0.3) is 0 Å². The lowest BCUT2D eigenvalue weighted by Gasteiger charge is -2.19. The molecule has 1 unspecified atom stereocenters. The smallest absolute Gasteiger partial charge is 0.213 e. The van der Waals surface area contributed by atoms with E-state index >= 15 is 0 Å². The summed E-state index contributed by atoms with van der Waals surface area (Å²) in [4.78, 5) is 27.9. The minimum Gasteiger partial charge on any atom is -0.494 e. The molecule has 0 fully saturated rings. The Balaban J connectivity index is 1.60. The van der Waals surface area contributed by atoms with Crippen LogP contribution in [0.1, 0.15) is 84.0 Å². The van der Waals surface area contributed by atoms with Crippen molar-refractivity contribution in [3.8, 4) is 17.4 Å². The van der Waals surface area contributed by atoms with Gasteiger partial charge in [0, 0.05) is 42.1 Å². The normalized spacial score (nSPS) is 13.1. The average molecular weight is 556 g/mol. The van der Waals surface area contributed by atoms with E-state index in [2.05, 4.69) is 36.4 Å². The van der Waals surface area contributed by atoms with Gasteiger partial charge in [0.1, 0.15) is 23.9 Å². The largest absolute Gasteiger partial charge is 0.494 e. The molecule has 1 aromatic heterocycles. The van der Waals surface area contributed by atoms with Gasteiger partial charge in [-0.05, 0) is 76.4 Å². The number of nitrogens with one attached hydrogen (secondary N) is 2. The summed E-state index contributed by atoms with van der Waals surface area (Å²) in [5, 5.41) is 6.85. The van der Waals surface area contributed by atoms with Crippen molar-refractivity contribution in [1.29, 1.82) is 0 Å². The Morgan fingerprint density at radius 1 is 0.950 bits per heavy atom. The van der Waals surface area contributed by atoms with Crippen LogP contribution in [0.2, 0.25) is 0 Å². The SMILES string of the molecule is CC(C)NCCCOc1ccc(C(=O)CCCC(C)NC[C@@H](C)Oc2ccc(OCCC(C)(C)C=O)cn2)cc1. The Morgan fingerprint density at radius 3 is 2.30 bits per heavy atom. The number of hydrogen-bond donors (Lipinski definition) is 2. The topological polar surface area (TPSA) is 98.8 Å². The standard InChI is InChI=1S/C32H49N3O5/c1-24(2)33-18-8-19-38-28-13-11-27(12-14-28)30(37)10-7-9-25(3)34-21-26(4)40-31-16-15-29(22-35-31)39-20-17-32(5,6)23-36/h11-16,22-26,33-34H,7-10,17-21H2,1-6H3/t25?,26-/m1/s1. The third-order valence-electron chi connectivity index (χ3n) is 6.48. The van der Waals surface area contributed by atoms with Gasteiger partial charge in [-0.2, -0.15) is 0 Å². The fraction of sp³-hybridized carbons (Fsp3) is 0.594. The van der Waals surface area contributed by atoms with Crippen LogP contribution < -0.4 is 24.8 Å². The quantitative estimate of drug-likeness (QED) is 0.116. The highest BCUT2D eigenvalue weighted by molar-refractivity contribution is 5.96. The third kappa shape index (κ3) is 13.9. The van der Waals surface area contributed by atoms with Gasteiger partial charge in [0.15, 0.2) is 5.78 Å². The number of nitrogens with zero attached hydrogens (tertiary/aromatic N) is 1. The first kappa shape index (κ1) is 33.2. The van der Waals surface area contributed by atoms with Crippen LogP contribution in [0.5, 0.6) is 17.4 Å². The van der Waals surface area contributed by atoms with Crippen molar-refractivity contribution in [2.24, 2.45) is 5.41 Å². The van der Waals surface area contributed by atoms with Gasteiger partial charge >= 0.3 is 0 Å². The van der Waals surface area contributed by atoms with E-state index in [1.165, 1.54) is 0 Å². The summed E-state index contributed by atoms with van der Waals surface area (Å²) in [5.41, 5.74) is 0.336. The number of pyridine rings is 1. The van der Waals surface area contributed by atoms with Gasteiger partial charge in [-0.15, -0.1) is 0 Å². The molecular formula is C32H49N3O5. The summed E-state index contributed by atoms with van der Waals surface area (Å²) >= 11 is 0. The van der Waals surface area contributed by atoms with Crippen molar-refractivity contribution >= 4 is 12.1 Å². The number of ketones is 1. The average Bonchev–Trinajstić information content (AvgIpc) is 2.92. The maximum absolute atomic E-state index is 12.6. The number of aromatic nitrogens is 1. The second-order valence-corrected chi connectivity index (χ2v) is 11.4. The molecule has 0 aliphatic heterocycles. The molecule has 2 rings (SSSR count). The Morgan fingerprint density at radius 2 is 1.65 bits per heavy atom. The molecule has 222 valence electrons. The maximum atomic E-state index is 12.6. The molecule has 0 saturated carbocycles. The van der Waals surface area contributed by atoms with Crippen molar-refractivity contribution in [3.63, 3.8) is 0 Å². The van der Waals surface area contributed by atoms with Crippen LogP contribution in [-0.4, -0.2) is 61.5 Å².